The molecule has 1 atom stereocenters. The van der Waals surface area contributed by atoms with Crippen molar-refractivity contribution in [3.8, 4) is 0 Å². The van der Waals surface area contributed by atoms with E-state index in [1.54, 1.807) is 13.8 Å². The molecule has 0 aromatic heterocycles. The molecule has 0 spiro atoms. The molecule has 1 fully saturated rings. The van der Waals surface area contributed by atoms with E-state index in [0.29, 0.717) is 6.42 Å². The molecule has 1 aromatic carbocycles. The minimum Gasteiger partial charge on any atom is -0.342 e. The third-order valence-corrected chi connectivity index (χ3v) is 4.26. The van der Waals surface area contributed by atoms with Crippen molar-refractivity contribution in [2.75, 3.05) is 11.4 Å². The van der Waals surface area contributed by atoms with E-state index >= 15 is 0 Å². The second-order valence-electron chi connectivity index (χ2n) is 5.16. The first-order valence-electron chi connectivity index (χ1n) is 6.56. The van der Waals surface area contributed by atoms with Crippen molar-refractivity contribution in [2.45, 2.75) is 32.2 Å². The van der Waals surface area contributed by atoms with Crippen LogP contribution < -0.4 is 10.2 Å². The van der Waals surface area contributed by atoms with Gasteiger partial charge in [0.1, 0.15) is 11.4 Å². The van der Waals surface area contributed by atoms with Crippen LogP contribution in [-0.4, -0.2) is 23.9 Å². The molecule has 0 saturated carbocycles. The molecule has 1 saturated heterocycles. The number of anilines is 1. The lowest BCUT2D eigenvalue weighted by molar-refractivity contribution is -0.129. The number of nitrogens with zero attached hydrogens (tertiary/aromatic N) is 1. The summed E-state index contributed by atoms with van der Waals surface area (Å²) in [5.74, 6) is -2.27. The van der Waals surface area contributed by atoms with Crippen molar-refractivity contribution in [2.24, 2.45) is 0 Å². The Morgan fingerprint density at radius 2 is 2.05 bits per heavy atom. The van der Waals surface area contributed by atoms with Gasteiger partial charge < -0.3 is 10.2 Å². The van der Waals surface area contributed by atoms with Crippen molar-refractivity contribution >= 4 is 33.4 Å². The highest BCUT2D eigenvalue weighted by atomic mass is 79.9. The zero-order valence-corrected chi connectivity index (χ0v) is 13.3. The van der Waals surface area contributed by atoms with Crippen molar-refractivity contribution in [1.29, 1.82) is 0 Å². The molecule has 21 heavy (non-hydrogen) atoms. The lowest BCUT2D eigenvalue weighted by Crippen LogP contribution is -2.55. The quantitative estimate of drug-likeness (QED) is 0.881. The monoisotopic (exact) mass is 360 g/mol. The van der Waals surface area contributed by atoms with Crippen LogP contribution in [0.25, 0.3) is 0 Å². The van der Waals surface area contributed by atoms with Gasteiger partial charge in [-0.05, 0) is 35.3 Å². The predicted molar refractivity (Wildman–Crippen MR) is 77.9 cm³/mol. The lowest BCUT2D eigenvalue weighted by atomic mass is 9.97. The van der Waals surface area contributed by atoms with E-state index in [0.717, 1.165) is 12.1 Å². The first kappa shape index (κ1) is 15.9. The predicted octanol–water partition coefficient (Wildman–Crippen LogP) is 2.75. The summed E-state index contributed by atoms with van der Waals surface area (Å²) in [7, 11) is 0. The Hall–Kier alpha value is -1.50. The minimum absolute atomic E-state index is 0.0431. The number of hydrogen-bond acceptors (Lipinski definition) is 2. The van der Waals surface area contributed by atoms with E-state index in [-0.39, 0.29) is 29.0 Å². The minimum atomic E-state index is -1.10. The second kappa shape index (κ2) is 5.71. The Labute approximate surface area is 129 Å². The summed E-state index contributed by atoms with van der Waals surface area (Å²) < 4.78 is 27.4. The van der Waals surface area contributed by atoms with E-state index in [2.05, 4.69) is 21.2 Å². The molecule has 1 aromatic rings. The van der Waals surface area contributed by atoms with Crippen LogP contribution in [-0.2, 0) is 9.59 Å². The van der Waals surface area contributed by atoms with E-state index in [9.17, 15) is 18.4 Å². The van der Waals surface area contributed by atoms with Gasteiger partial charge in [0.25, 0.3) is 5.91 Å². The van der Waals surface area contributed by atoms with E-state index in [1.807, 2.05) is 0 Å². The Morgan fingerprint density at radius 3 is 2.62 bits per heavy atom. The van der Waals surface area contributed by atoms with Crippen molar-refractivity contribution in [3.63, 3.8) is 0 Å². The van der Waals surface area contributed by atoms with Crippen LogP contribution in [0.2, 0.25) is 0 Å². The highest BCUT2D eigenvalue weighted by Gasteiger charge is 2.41. The summed E-state index contributed by atoms with van der Waals surface area (Å²) in [5, 5.41) is 2.66. The number of carbonyl (C=O) groups is 2. The summed E-state index contributed by atoms with van der Waals surface area (Å²) in [4.78, 5) is 25.6. The van der Waals surface area contributed by atoms with Crippen molar-refractivity contribution < 1.29 is 18.4 Å². The maximum absolute atomic E-state index is 14.1. The maximum atomic E-state index is 14.1. The number of hydrogen-bond donors (Lipinski definition) is 1. The number of benzene rings is 1. The molecule has 0 radical (unpaired) electrons. The third kappa shape index (κ3) is 2.92. The van der Waals surface area contributed by atoms with Gasteiger partial charge in [0, 0.05) is 23.5 Å². The fourth-order valence-corrected chi connectivity index (χ4v) is 2.90. The molecule has 7 heteroatoms. The molecule has 4 nitrogen and oxygen atoms in total. The Kier molecular flexibility index (Phi) is 4.32. The standard InChI is InChI=1S/C14H15BrF2N2O2/c1-3-14(2)13(21)19(5-4-11(20)18-14)12-9(15)6-8(16)7-10(12)17/h6-7H,3-5H2,1-2H3,(H,18,20). The Morgan fingerprint density at radius 1 is 1.38 bits per heavy atom. The average Bonchev–Trinajstić information content (AvgIpc) is 2.49. The summed E-state index contributed by atoms with van der Waals surface area (Å²) >= 11 is 3.08. The van der Waals surface area contributed by atoms with Gasteiger partial charge in [-0.25, -0.2) is 8.78 Å². The molecule has 1 aliphatic heterocycles. The van der Waals surface area contributed by atoms with Crippen LogP contribution >= 0.6 is 15.9 Å². The van der Waals surface area contributed by atoms with E-state index < -0.39 is 23.1 Å². The average molecular weight is 361 g/mol. The molecule has 1 N–H and O–H groups in total. The molecule has 0 aliphatic carbocycles. The topological polar surface area (TPSA) is 49.4 Å². The van der Waals surface area contributed by atoms with Crippen LogP contribution in [0.1, 0.15) is 26.7 Å². The summed E-state index contributed by atoms with van der Waals surface area (Å²) in [6.07, 6.45) is 0.430. The fraction of sp³-hybridized carbons (Fsp3) is 0.429. The van der Waals surface area contributed by atoms with Crippen LogP contribution in [0.3, 0.4) is 0 Å². The van der Waals surface area contributed by atoms with E-state index in [1.165, 1.54) is 4.90 Å². The molecular weight excluding hydrogens is 346 g/mol. The van der Waals surface area contributed by atoms with Gasteiger partial charge in [-0.1, -0.05) is 6.92 Å². The van der Waals surface area contributed by atoms with E-state index in [4.69, 9.17) is 0 Å². The van der Waals surface area contributed by atoms with Gasteiger partial charge in [0.15, 0.2) is 5.82 Å². The molecule has 114 valence electrons. The first-order valence-corrected chi connectivity index (χ1v) is 7.35. The second-order valence-corrected chi connectivity index (χ2v) is 6.01. The van der Waals surface area contributed by atoms with Gasteiger partial charge in [0.2, 0.25) is 5.91 Å². The van der Waals surface area contributed by atoms with Gasteiger partial charge in [-0.2, -0.15) is 0 Å². The molecule has 2 rings (SSSR count). The summed E-state index contributed by atoms with van der Waals surface area (Å²) in [6.45, 7) is 3.40. The van der Waals surface area contributed by atoms with Crippen LogP contribution in [0, 0.1) is 11.6 Å². The molecule has 1 heterocycles. The lowest BCUT2D eigenvalue weighted by Gasteiger charge is -2.31. The summed E-state index contributed by atoms with van der Waals surface area (Å²) in [6, 6.07) is 1.81. The maximum Gasteiger partial charge on any atom is 0.252 e. The highest BCUT2D eigenvalue weighted by Crippen LogP contribution is 2.33. The number of amides is 2. The summed E-state index contributed by atoms with van der Waals surface area (Å²) in [5.41, 5.74) is -1.15. The number of halogens is 3. The number of carbonyl (C=O) groups excluding carboxylic acids is 2. The van der Waals surface area contributed by atoms with Crippen LogP contribution in [0.5, 0.6) is 0 Å². The Balaban J connectivity index is 2.52. The molecule has 0 bridgehead atoms. The van der Waals surface area contributed by atoms with Crippen LogP contribution in [0.4, 0.5) is 14.5 Å². The van der Waals surface area contributed by atoms with Gasteiger partial charge in [0.05, 0.1) is 5.69 Å². The van der Waals surface area contributed by atoms with Gasteiger partial charge in [-0.15, -0.1) is 0 Å². The highest BCUT2D eigenvalue weighted by molar-refractivity contribution is 9.10. The zero-order chi connectivity index (χ0) is 15.8. The van der Waals surface area contributed by atoms with Gasteiger partial charge in [-0.3, -0.25) is 9.59 Å². The molecular formula is C14H15BrF2N2O2. The van der Waals surface area contributed by atoms with Gasteiger partial charge >= 0.3 is 0 Å². The molecule has 1 aliphatic rings. The smallest absolute Gasteiger partial charge is 0.252 e. The normalized spacial score (nSPS) is 23.0. The molecule has 2 amide bonds. The zero-order valence-electron chi connectivity index (χ0n) is 11.7. The number of rotatable bonds is 2. The molecule has 1 unspecified atom stereocenters. The van der Waals surface area contributed by atoms with Crippen molar-refractivity contribution in [3.05, 3.63) is 28.2 Å². The third-order valence-electron chi connectivity index (χ3n) is 3.65. The van der Waals surface area contributed by atoms with Crippen LogP contribution in [0.15, 0.2) is 16.6 Å². The Bertz CT molecular complexity index is 586. The number of nitrogens with one attached hydrogen (secondary N) is 1. The fourth-order valence-electron chi connectivity index (χ4n) is 2.28. The first-order chi connectivity index (χ1) is 9.78. The SMILES string of the molecule is CCC1(C)NC(=O)CCN(c2c(F)cc(F)cc2Br)C1=O. The largest absolute Gasteiger partial charge is 0.342 e. The van der Waals surface area contributed by atoms with Crippen molar-refractivity contribution in [1.82, 2.24) is 5.32 Å².